The summed E-state index contributed by atoms with van der Waals surface area (Å²) < 4.78 is 1.02. The maximum Gasteiger partial charge on any atom is 0.270 e. The number of nitrogens with zero attached hydrogens (tertiary/aromatic N) is 1. The van der Waals surface area contributed by atoms with Crippen molar-refractivity contribution in [2.24, 2.45) is 0 Å². The minimum atomic E-state index is -0.174. The third-order valence-electron chi connectivity index (χ3n) is 2.38. The van der Waals surface area contributed by atoms with Gasteiger partial charge in [-0.1, -0.05) is 0 Å². The summed E-state index contributed by atoms with van der Waals surface area (Å²) in [6, 6.07) is 5.50. The highest BCUT2D eigenvalue weighted by Crippen LogP contribution is 2.22. The van der Waals surface area contributed by atoms with E-state index in [2.05, 4.69) is 31.5 Å². The van der Waals surface area contributed by atoms with E-state index in [1.165, 1.54) is 0 Å². The van der Waals surface area contributed by atoms with Crippen LogP contribution in [0, 0.1) is 0 Å². The van der Waals surface area contributed by atoms with Crippen molar-refractivity contribution in [2.45, 2.75) is 6.54 Å². The molecule has 0 aliphatic carbocycles. The van der Waals surface area contributed by atoms with Crippen LogP contribution in [0.25, 0.3) is 0 Å². The molecular weight excluding hydrogens is 314 g/mol. The topological polar surface area (TPSA) is 54.0 Å². The molecule has 0 radical (unpaired) electrons. The predicted molar refractivity (Wildman–Crippen MR) is 77.0 cm³/mol. The number of amides is 1. The molecule has 0 saturated carbocycles. The Morgan fingerprint density at radius 1 is 1.50 bits per heavy atom. The van der Waals surface area contributed by atoms with E-state index in [4.69, 9.17) is 0 Å². The highest BCUT2D eigenvalue weighted by molar-refractivity contribution is 9.10. The van der Waals surface area contributed by atoms with E-state index in [1.807, 2.05) is 17.5 Å². The van der Waals surface area contributed by atoms with E-state index in [9.17, 15) is 4.79 Å². The van der Waals surface area contributed by atoms with Gasteiger partial charge in [0.25, 0.3) is 5.91 Å². The molecule has 2 N–H and O–H groups in total. The summed E-state index contributed by atoms with van der Waals surface area (Å²) in [7, 11) is 1.81. The lowest BCUT2D eigenvalue weighted by molar-refractivity contribution is 0.0946. The van der Waals surface area contributed by atoms with Gasteiger partial charge in [0.15, 0.2) is 0 Å². The summed E-state index contributed by atoms with van der Waals surface area (Å²) in [6.07, 6.45) is 1.61. The van der Waals surface area contributed by atoms with E-state index >= 15 is 0 Å². The van der Waals surface area contributed by atoms with Crippen LogP contribution in [0.4, 0.5) is 5.69 Å². The lowest BCUT2D eigenvalue weighted by Gasteiger charge is -2.05. The summed E-state index contributed by atoms with van der Waals surface area (Å²) in [4.78, 5) is 17.0. The van der Waals surface area contributed by atoms with Crippen molar-refractivity contribution in [3.63, 3.8) is 0 Å². The van der Waals surface area contributed by atoms with Crippen molar-refractivity contribution < 1.29 is 4.79 Å². The monoisotopic (exact) mass is 325 g/mol. The molecule has 0 saturated heterocycles. The first kappa shape index (κ1) is 13.0. The third-order valence-corrected chi connectivity index (χ3v) is 4.31. The molecule has 6 heteroatoms. The molecule has 0 bridgehead atoms. The molecule has 0 spiro atoms. The lowest BCUT2D eigenvalue weighted by atomic mass is 10.3. The van der Waals surface area contributed by atoms with Gasteiger partial charge in [-0.25, -0.2) is 0 Å². The molecule has 0 unspecified atom stereocenters. The molecule has 0 aliphatic rings. The first-order valence-corrected chi connectivity index (χ1v) is 7.02. The van der Waals surface area contributed by atoms with Crippen LogP contribution in [0.1, 0.15) is 15.4 Å². The van der Waals surface area contributed by atoms with Crippen LogP contribution in [0.2, 0.25) is 0 Å². The van der Waals surface area contributed by atoms with Crippen molar-refractivity contribution in [3.8, 4) is 0 Å². The van der Waals surface area contributed by atoms with Crippen molar-refractivity contribution in [1.82, 2.24) is 10.3 Å². The molecule has 0 aromatic carbocycles. The summed E-state index contributed by atoms with van der Waals surface area (Å²) in [5.74, 6) is -0.174. The van der Waals surface area contributed by atoms with Crippen LogP contribution in [0.3, 0.4) is 0 Å². The van der Waals surface area contributed by atoms with Crippen LogP contribution in [0.5, 0.6) is 0 Å². The van der Waals surface area contributed by atoms with E-state index in [1.54, 1.807) is 30.6 Å². The van der Waals surface area contributed by atoms with Crippen molar-refractivity contribution in [3.05, 3.63) is 44.8 Å². The lowest BCUT2D eigenvalue weighted by Crippen LogP contribution is -2.23. The van der Waals surface area contributed by atoms with Crippen molar-refractivity contribution >= 4 is 38.9 Å². The van der Waals surface area contributed by atoms with Gasteiger partial charge in [-0.3, -0.25) is 9.78 Å². The number of carbonyl (C=O) groups is 1. The number of aromatic nitrogens is 1. The molecular formula is C12H12BrN3OS. The van der Waals surface area contributed by atoms with E-state index in [0.29, 0.717) is 12.2 Å². The Kier molecular flexibility index (Phi) is 4.33. The fourth-order valence-corrected chi connectivity index (χ4v) is 2.84. The van der Waals surface area contributed by atoms with Crippen LogP contribution in [-0.4, -0.2) is 17.9 Å². The number of carbonyl (C=O) groups excluding carboxylic acids is 1. The molecule has 2 aromatic heterocycles. The Bertz CT molecular complexity index is 556. The van der Waals surface area contributed by atoms with Gasteiger partial charge in [-0.05, 0) is 39.5 Å². The van der Waals surface area contributed by atoms with Crippen LogP contribution >= 0.6 is 27.3 Å². The van der Waals surface area contributed by atoms with E-state index in [-0.39, 0.29) is 5.91 Å². The molecule has 18 heavy (non-hydrogen) atoms. The fourth-order valence-electron chi connectivity index (χ4n) is 1.41. The van der Waals surface area contributed by atoms with Gasteiger partial charge in [0, 0.05) is 28.3 Å². The van der Waals surface area contributed by atoms with Crippen molar-refractivity contribution in [1.29, 1.82) is 0 Å². The Balaban J connectivity index is 2.01. The van der Waals surface area contributed by atoms with Gasteiger partial charge in [0.1, 0.15) is 5.69 Å². The molecule has 4 nitrogen and oxygen atoms in total. The maximum absolute atomic E-state index is 11.9. The van der Waals surface area contributed by atoms with Gasteiger partial charge in [-0.15, -0.1) is 11.3 Å². The van der Waals surface area contributed by atoms with Gasteiger partial charge >= 0.3 is 0 Å². The summed E-state index contributed by atoms with van der Waals surface area (Å²) in [5.41, 5.74) is 1.28. The second kappa shape index (κ2) is 5.97. The van der Waals surface area contributed by atoms with E-state index in [0.717, 1.165) is 15.0 Å². The summed E-state index contributed by atoms with van der Waals surface area (Å²) >= 11 is 5.03. The van der Waals surface area contributed by atoms with Crippen LogP contribution in [0.15, 0.2) is 34.2 Å². The highest BCUT2D eigenvalue weighted by atomic mass is 79.9. The second-order valence-corrected chi connectivity index (χ2v) is 5.41. The maximum atomic E-state index is 11.9. The Morgan fingerprint density at radius 3 is 3.00 bits per heavy atom. The number of hydrogen-bond acceptors (Lipinski definition) is 4. The van der Waals surface area contributed by atoms with Gasteiger partial charge in [0.05, 0.1) is 6.54 Å². The van der Waals surface area contributed by atoms with Crippen LogP contribution in [-0.2, 0) is 6.54 Å². The quantitative estimate of drug-likeness (QED) is 0.908. The second-order valence-electron chi connectivity index (χ2n) is 3.55. The van der Waals surface area contributed by atoms with Crippen molar-refractivity contribution in [2.75, 3.05) is 12.4 Å². The zero-order valence-corrected chi connectivity index (χ0v) is 12.1. The molecule has 2 rings (SSSR count). The minimum absolute atomic E-state index is 0.174. The zero-order chi connectivity index (χ0) is 13.0. The Hall–Kier alpha value is -1.40. The Labute approximate surface area is 118 Å². The molecule has 0 atom stereocenters. The summed E-state index contributed by atoms with van der Waals surface area (Å²) in [5, 5.41) is 7.80. The molecule has 94 valence electrons. The minimum Gasteiger partial charge on any atom is -0.388 e. The fraction of sp³-hybridized carbons (Fsp3) is 0.167. The molecule has 0 fully saturated rings. The van der Waals surface area contributed by atoms with Gasteiger partial charge in [-0.2, -0.15) is 0 Å². The van der Waals surface area contributed by atoms with Gasteiger partial charge in [0.2, 0.25) is 0 Å². The molecule has 0 aliphatic heterocycles. The van der Waals surface area contributed by atoms with Gasteiger partial charge < -0.3 is 10.6 Å². The number of hydrogen-bond donors (Lipinski definition) is 2. The van der Waals surface area contributed by atoms with E-state index < -0.39 is 0 Å². The number of pyridine rings is 1. The number of anilines is 1. The molecule has 2 heterocycles. The number of nitrogens with one attached hydrogen (secondary N) is 2. The van der Waals surface area contributed by atoms with Crippen LogP contribution < -0.4 is 10.6 Å². The number of rotatable bonds is 4. The normalized spacial score (nSPS) is 10.1. The molecule has 2 aromatic rings. The molecule has 1 amide bonds. The standard InChI is InChI=1S/C12H12BrN3OS/c1-14-8-2-4-15-10(6-8)12(17)16-7-11-9(13)3-5-18-11/h2-6H,7H2,1H3,(H,14,15)(H,16,17). The SMILES string of the molecule is CNc1ccnc(C(=O)NCc2sccc2Br)c1. The first-order valence-electron chi connectivity index (χ1n) is 5.34. The first-order chi connectivity index (χ1) is 8.70. The Morgan fingerprint density at radius 2 is 2.33 bits per heavy atom. The highest BCUT2D eigenvalue weighted by Gasteiger charge is 2.09. The third kappa shape index (κ3) is 3.08. The average molecular weight is 326 g/mol. The number of halogens is 1. The average Bonchev–Trinajstić information content (AvgIpc) is 2.81. The zero-order valence-electron chi connectivity index (χ0n) is 9.74. The smallest absolute Gasteiger partial charge is 0.270 e. The number of thiophene rings is 1. The predicted octanol–water partition coefficient (Wildman–Crippen LogP) is 2.88. The summed E-state index contributed by atoms with van der Waals surface area (Å²) in [6.45, 7) is 0.503. The largest absolute Gasteiger partial charge is 0.388 e.